The molecule has 3 amide bonds. The van der Waals surface area contributed by atoms with E-state index in [0.29, 0.717) is 19.5 Å². The summed E-state index contributed by atoms with van der Waals surface area (Å²) in [5.74, 6) is 0.695. The normalized spacial score (nSPS) is 20.7. The lowest BCUT2D eigenvalue weighted by Gasteiger charge is -2.39. The number of carbonyl (C=O) groups excluding carboxylic acids is 2. The molecule has 2 heterocycles. The van der Waals surface area contributed by atoms with Gasteiger partial charge in [-0.05, 0) is 23.6 Å². The highest BCUT2D eigenvalue weighted by Crippen LogP contribution is 2.49. The minimum Gasteiger partial charge on any atom is -0.301 e. The first kappa shape index (κ1) is 18.9. The van der Waals surface area contributed by atoms with E-state index in [-0.39, 0.29) is 11.9 Å². The third kappa shape index (κ3) is 3.01. The van der Waals surface area contributed by atoms with Gasteiger partial charge in [-0.25, -0.2) is 4.79 Å². The van der Waals surface area contributed by atoms with Crippen LogP contribution in [0.15, 0.2) is 89.8 Å². The van der Waals surface area contributed by atoms with Crippen LogP contribution < -0.4 is 0 Å². The van der Waals surface area contributed by atoms with Crippen molar-refractivity contribution >= 4 is 23.7 Å². The summed E-state index contributed by atoms with van der Waals surface area (Å²) < 4.78 is 0. The van der Waals surface area contributed by atoms with Gasteiger partial charge < -0.3 is 4.90 Å². The Labute approximate surface area is 180 Å². The molecule has 0 radical (unpaired) electrons. The summed E-state index contributed by atoms with van der Waals surface area (Å²) in [7, 11) is 0. The zero-order chi connectivity index (χ0) is 20.6. The fourth-order valence-electron chi connectivity index (χ4n) is 4.49. The van der Waals surface area contributed by atoms with E-state index in [1.54, 1.807) is 16.7 Å². The number of hydrogen-bond acceptors (Lipinski definition) is 3. The first-order chi connectivity index (χ1) is 14.7. The van der Waals surface area contributed by atoms with Crippen LogP contribution in [0.1, 0.15) is 23.1 Å². The summed E-state index contributed by atoms with van der Waals surface area (Å²) in [5, 5.41) is 0. The lowest BCUT2D eigenvalue weighted by atomic mass is 9.84. The second kappa shape index (κ2) is 7.65. The Morgan fingerprint density at radius 1 is 0.767 bits per heavy atom. The number of hydrogen-bond donors (Lipinski definition) is 0. The zero-order valence-electron chi connectivity index (χ0n) is 16.5. The minimum atomic E-state index is -0.941. The van der Waals surface area contributed by atoms with E-state index in [0.717, 1.165) is 27.3 Å². The number of urea groups is 1. The van der Waals surface area contributed by atoms with Crippen LogP contribution in [0, 0.1) is 0 Å². The maximum absolute atomic E-state index is 13.9. The number of imide groups is 1. The van der Waals surface area contributed by atoms with Gasteiger partial charge >= 0.3 is 6.03 Å². The molecule has 5 rings (SSSR count). The monoisotopic (exact) mass is 414 g/mol. The molecular weight excluding hydrogens is 392 g/mol. The van der Waals surface area contributed by atoms with Crippen molar-refractivity contribution in [1.29, 1.82) is 0 Å². The molecule has 5 heteroatoms. The van der Waals surface area contributed by atoms with Crippen molar-refractivity contribution in [3.8, 4) is 0 Å². The molecule has 0 N–H and O–H groups in total. The second-order valence-electron chi connectivity index (χ2n) is 7.69. The number of amides is 3. The first-order valence-electron chi connectivity index (χ1n) is 10.1. The van der Waals surface area contributed by atoms with Gasteiger partial charge in [0.25, 0.3) is 5.91 Å². The lowest BCUT2D eigenvalue weighted by molar-refractivity contribution is -0.134. The fourth-order valence-corrected chi connectivity index (χ4v) is 5.67. The topological polar surface area (TPSA) is 40.6 Å². The van der Waals surface area contributed by atoms with Crippen molar-refractivity contribution in [3.05, 3.63) is 102 Å². The van der Waals surface area contributed by atoms with E-state index in [9.17, 15) is 9.59 Å². The molecule has 2 aliphatic rings. The van der Waals surface area contributed by atoms with Gasteiger partial charge in [0.05, 0.1) is 6.54 Å². The Balaban J connectivity index is 1.61. The number of carbonyl (C=O) groups is 2. The quantitative estimate of drug-likeness (QED) is 0.562. The molecule has 3 aromatic carbocycles. The van der Waals surface area contributed by atoms with Crippen LogP contribution >= 0.6 is 11.8 Å². The number of rotatable bonds is 4. The van der Waals surface area contributed by atoms with Gasteiger partial charge in [-0.3, -0.25) is 9.69 Å². The molecular formula is C25H22N2O2S. The molecule has 3 aromatic rings. The van der Waals surface area contributed by atoms with Gasteiger partial charge in [-0.1, -0.05) is 78.9 Å². The summed E-state index contributed by atoms with van der Waals surface area (Å²) in [4.78, 5) is 31.9. The summed E-state index contributed by atoms with van der Waals surface area (Å²) >= 11 is 1.76. The molecule has 1 spiro atoms. The Morgan fingerprint density at radius 2 is 1.37 bits per heavy atom. The van der Waals surface area contributed by atoms with Crippen LogP contribution in [0.5, 0.6) is 0 Å². The zero-order valence-corrected chi connectivity index (χ0v) is 17.3. The van der Waals surface area contributed by atoms with Crippen LogP contribution in [0.25, 0.3) is 0 Å². The number of nitrogens with zero attached hydrogens (tertiary/aromatic N) is 2. The molecule has 150 valence electrons. The fraction of sp³-hybridized carbons (Fsp3) is 0.200. The summed E-state index contributed by atoms with van der Waals surface area (Å²) in [6, 6.07) is 27.5. The third-order valence-electron chi connectivity index (χ3n) is 5.94. The standard InChI is InChI=1S/C25H22N2O2S/c28-23-25(15-16-30-22-14-8-7-13-21(22)25)27(18-20-11-5-2-6-12-20)24(29)26(23)17-19-9-3-1-4-10-19/h1-14H,15-18H2. The van der Waals surface area contributed by atoms with Crippen molar-refractivity contribution in [3.63, 3.8) is 0 Å². The van der Waals surface area contributed by atoms with Gasteiger partial charge in [-0.15, -0.1) is 11.8 Å². The highest BCUT2D eigenvalue weighted by Gasteiger charge is 2.59. The molecule has 2 aliphatic heterocycles. The third-order valence-corrected chi connectivity index (χ3v) is 7.02. The highest BCUT2D eigenvalue weighted by molar-refractivity contribution is 7.99. The van der Waals surface area contributed by atoms with Gasteiger partial charge in [-0.2, -0.15) is 0 Å². The average Bonchev–Trinajstić information content (AvgIpc) is 2.98. The molecule has 1 saturated heterocycles. The largest absolute Gasteiger partial charge is 0.328 e. The van der Waals surface area contributed by atoms with E-state index in [1.165, 1.54) is 4.90 Å². The smallest absolute Gasteiger partial charge is 0.301 e. The lowest BCUT2D eigenvalue weighted by Crippen LogP contribution is -2.48. The maximum atomic E-state index is 13.9. The predicted molar refractivity (Wildman–Crippen MR) is 118 cm³/mol. The van der Waals surface area contributed by atoms with Crippen LogP contribution in [0.3, 0.4) is 0 Å². The van der Waals surface area contributed by atoms with E-state index in [4.69, 9.17) is 0 Å². The van der Waals surface area contributed by atoms with Crippen LogP contribution in [-0.2, 0) is 23.4 Å². The second-order valence-corrected chi connectivity index (χ2v) is 8.82. The van der Waals surface area contributed by atoms with Crippen molar-refractivity contribution in [2.75, 3.05) is 5.75 Å². The molecule has 0 bridgehead atoms. The number of benzene rings is 3. The highest BCUT2D eigenvalue weighted by atomic mass is 32.2. The molecule has 1 atom stereocenters. The van der Waals surface area contributed by atoms with Gasteiger partial charge in [0.1, 0.15) is 0 Å². The van der Waals surface area contributed by atoms with Crippen molar-refractivity contribution in [2.24, 2.45) is 0 Å². The summed E-state index contributed by atoms with van der Waals surface area (Å²) in [5.41, 5.74) is 1.99. The molecule has 0 saturated carbocycles. The van der Waals surface area contributed by atoms with E-state index in [1.807, 2.05) is 78.9 Å². The minimum absolute atomic E-state index is 0.111. The van der Waals surface area contributed by atoms with Crippen LogP contribution in [0.4, 0.5) is 4.79 Å². The van der Waals surface area contributed by atoms with E-state index < -0.39 is 5.54 Å². The van der Waals surface area contributed by atoms with E-state index in [2.05, 4.69) is 6.07 Å². The van der Waals surface area contributed by atoms with E-state index >= 15 is 0 Å². The molecule has 1 fully saturated rings. The first-order valence-corrected chi connectivity index (χ1v) is 11.1. The molecule has 30 heavy (non-hydrogen) atoms. The Morgan fingerprint density at radius 3 is 2.07 bits per heavy atom. The Kier molecular flexibility index (Phi) is 4.83. The van der Waals surface area contributed by atoms with Gasteiger partial charge in [0, 0.05) is 22.8 Å². The van der Waals surface area contributed by atoms with Crippen LogP contribution in [-0.4, -0.2) is 27.5 Å². The summed E-state index contributed by atoms with van der Waals surface area (Å²) in [6.07, 6.45) is 0.622. The molecule has 0 aromatic heterocycles. The Bertz CT molecular complexity index is 1090. The molecule has 1 unspecified atom stereocenters. The number of thioether (sulfide) groups is 1. The predicted octanol–water partition coefficient (Wildman–Crippen LogP) is 5.04. The van der Waals surface area contributed by atoms with Gasteiger partial charge in [0.15, 0.2) is 5.54 Å². The average molecular weight is 415 g/mol. The van der Waals surface area contributed by atoms with Crippen molar-refractivity contribution < 1.29 is 9.59 Å². The maximum Gasteiger partial charge on any atom is 0.328 e. The SMILES string of the molecule is O=C1N(Cc2ccccc2)C(=O)C2(CCSc3ccccc32)N1Cc1ccccc1. The van der Waals surface area contributed by atoms with Crippen molar-refractivity contribution in [1.82, 2.24) is 9.80 Å². The summed E-state index contributed by atoms with van der Waals surface area (Å²) in [6.45, 7) is 0.705. The Hall–Kier alpha value is -3.05. The van der Waals surface area contributed by atoms with Crippen LogP contribution in [0.2, 0.25) is 0 Å². The number of fused-ring (bicyclic) bond motifs is 2. The molecule has 4 nitrogen and oxygen atoms in total. The van der Waals surface area contributed by atoms with Crippen molar-refractivity contribution in [2.45, 2.75) is 29.9 Å². The molecule has 0 aliphatic carbocycles. The van der Waals surface area contributed by atoms with Gasteiger partial charge in [0.2, 0.25) is 0 Å².